The van der Waals surface area contributed by atoms with Gasteiger partial charge in [0.05, 0.1) is 16.6 Å². The Hall–Kier alpha value is -1.66. The standard InChI is InChI=1S/C13H11ClF2N2OS/c1-18(6-7-2-5-10(14)20-7)13(19)11-8(15)3-4-9(17)12(11)16/h2-5H,6,17H2,1H3. The zero-order chi connectivity index (χ0) is 14.9. The highest BCUT2D eigenvalue weighted by Gasteiger charge is 2.23. The predicted molar refractivity (Wildman–Crippen MR) is 75.9 cm³/mol. The summed E-state index contributed by atoms with van der Waals surface area (Å²) in [6, 6.07) is 5.51. The monoisotopic (exact) mass is 316 g/mol. The van der Waals surface area contributed by atoms with Crippen LogP contribution in [0, 0.1) is 11.6 Å². The van der Waals surface area contributed by atoms with Gasteiger partial charge < -0.3 is 10.6 Å². The lowest BCUT2D eigenvalue weighted by Gasteiger charge is -2.17. The molecule has 0 saturated carbocycles. The van der Waals surface area contributed by atoms with E-state index >= 15 is 0 Å². The van der Waals surface area contributed by atoms with Gasteiger partial charge in [0.25, 0.3) is 5.91 Å². The van der Waals surface area contributed by atoms with E-state index in [-0.39, 0.29) is 12.2 Å². The Bertz CT molecular complexity index is 660. The number of nitrogens with two attached hydrogens (primary N) is 1. The van der Waals surface area contributed by atoms with E-state index in [2.05, 4.69) is 0 Å². The molecule has 1 aromatic carbocycles. The number of nitrogens with zero attached hydrogens (tertiary/aromatic N) is 1. The minimum atomic E-state index is -1.04. The molecule has 0 aliphatic carbocycles. The van der Waals surface area contributed by atoms with E-state index in [1.54, 1.807) is 12.1 Å². The molecule has 0 saturated heterocycles. The zero-order valence-corrected chi connectivity index (χ0v) is 12.1. The number of hydrogen-bond donors (Lipinski definition) is 1. The third-order valence-corrected chi connectivity index (χ3v) is 3.92. The molecule has 2 aromatic rings. The molecule has 0 radical (unpaired) electrons. The van der Waals surface area contributed by atoms with E-state index < -0.39 is 23.1 Å². The van der Waals surface area contributed by atoms with Gasteiger partial charge in [0.15, 0.2) is 5.82 Å². The largest absolute Gasteiger partial charge is 0.396 e. The first-order valence-electron chi connectivity index (χ1n) is 5.63. The van der Waals surface area contributed by atoms with Crippen molar-refractivity contribution >= 4 is 34.5 Å². The molecular weight excluding hydrogens is 306 g/mol. The molecule has 0 atom stereocenters. The summed E-state index contributed by atoms with van der Waals surface area (Å²) in [7, 11) is 1.46. The van der Waals surface area contributed by atoms with Crippen LogP contribution in [0.15, 0.2) is 24.3 Å². The van der Waals surface area contributed by atoms with Crippen LogP contribution in [-0.2, 0) is 6.54 Å². The van der Waals surface area contributed by atoms with Gasteiger partial charge in [0.2, 0.25) is 0 Å². The highest BCUT2D eigenvalue weighted by atomic mass is 35.5. The molecule has 0 spiro atoms. The van der Waals surface area contributed by atoms with Crippen LogP contribution < -0.4 is 5.73 Å². The van der Waals surface area contributed by atoms with Gasteiger partial charge in [-0.3, -0.25) is 4.79 Å². The fourth-order valence-electron chi connectivity index (χ4n) is 1.70. The Kier molecular flexibility index (Phi) is 4.25. The highest BCUT2D eigenvalue weighted by molar-refractivity contribution is 7.16. The molecule has 7 heteroatoms. The zero-order valence-electron chi connectivity index (χ0n) is 10.5. The summed E-state index contributed by atoms with van der Waals surface area (Å²) in [6.07, 6.45) is 0. The minimum Gasteiger partial charge on any atom is -0.396 e. The maximum Gasteiger partial charge on any atom is 0.259 e. The van der Waals surface area contributed by atoms with E-state index in [0.717, 1.165) is 17.0 Å². The van der Waals surface area contributed by atoms with Crippen LogP contribution in [0.1, 0.15) is 15.2 Å². The summed E-state index contributed by atoms with van der Waals surface area (Å²) in [5.74, 6) is -2.74. The lowest BCUT2D eigenvalue weighted by molar-refractivity contribution is 0.0777. The number of rotatable bonds is 3. The van der Waals surface area contributed by atoms with Crippen LogP contribution in [0.4, 0.5) is 14.5 Å². The van der Waals surface area contributed by atoms with Gasteiger partial charge in [-0.05, 0) is 24.3 Å². The fourth-order valence-corrected chi connectivity index (χ4v) is 2.84. The van der Waals surface area contributed by atoms with Crippen LogP contribution in [0.2, 0.25) is 4.34 Å². The van der Waals surface area contributed by atoms with E-state index in [1.807, 2.05) is 0 Å². The summed E-state index contributed by atoms with van der Waals surface area (Å²) in [4.78, 5) is 14.1. The summed E-state index contributed by atoms with van der Waals surface area (Å²) >= 11 is 7.09. The topological polar surface area (TPSA) is 46.3 Å². The van der Waals surface area contributed by atoms with Crippen molar-refractivity contribution in [2.45, 2.75) is 6.54 Å². The van der Waals surface area contributed by atoms with Crippen LogP contribution >= 0.6 is 22.9 Å². The van der Waals surface area contributed by atoms with Gasteiger partial charge in [-0.1, -0.05) is 11.6 Å². The van der Waals surface area contributed by atoms with Gasteiger partial charge in [0.1, 0.15) is 11.4 Å². The third-order valence-electron chi connectivity index (χ3n) is 2.70. The van der Waals surface area contributed by atoms with Crippen molar-refractivity contribution in [3.8, 4) is 0 Å². The Morgan fingerprint density at radius 1 is 1.35 bits per heavy atom. The maximum atomic E-state index is 13.8. The normalized spacial score (nSPS) is 10.6. The van der Waals surface area contributed by atoms with Gasteiger partial charge in [0, 0.05) is 11.9 Å². The van der Waals surface area contributed by atoms with Crippen LogP contribution in [0.25, 0.3) is 0 Å². The molecule has 0 unspecified atom stereocenters. The number of anilines is 1. The van der Waals surface area contributed by atoms with Gasteiger partial charge in [-0.2, -0.15) is 0 Å². The van der Waals surface area contributed by atoms with E-state index in [0.29, 0.717) is 4.34 Å². The second kappa shape index (κ2) is 5.76. The number of nitrogen functional groups attached to an aromatic ring is 1. The number of halogens is 3. The molecule has 0 bridgehead atoms. The Morgan fingerprint density at radius 2 is 2.05 bits per heavy atom. The Balaban J connectivity index is 2.25. The summed E-state index contributed by atoms with van der Waals surface area (Å²) in [5.41, 5.74) is 4.45. The molecular formula is C13H11ClF2N2OS. The van der Waals surface area contributed by atoms with Gasteiger partial charge >= 0.3 is 0 Å². The van der Waals surface area contributed by atoms with E-state index in [9.17, 15) is 13.6 Å². The molecule has 0 aliphatic rings. The van der Waals surface area contributed by atoms with Crippen molar-refractivity contribution in [2.24, 2.45) is 0 Å². The van der Waals surface area contributed by atoms with Crippen molar-refractivity contribution in [3.63, 3.8) is 0 Å². The predicted octanol–water partition coefficient (Wildman–Crippen LogP) is 3.53. The summed E-state index contributed by atoms with van der Waals surface area (Å²) < 4.78 is 28.0. The smallest absolute Gasteiger partial charge is 0.259 e. The molecule has 1 heterocycles. The molecule has 0 fully saturated rings. The van der Waals surface area contributed by atoms with Crippen molar-refractivity contribution in [2.75, 3.05) is 12.8 Å². The number of benzene rings is 1. The third kappa shape index (κ3) is 2.91. The van der Waals surface area contributed by atoms with Crippen LogP contribution in [0.3, 0.4) is 0 Å². The molecule has 1 amide bonds. The molecule has 2 N–H and O–H groups in total. The lowest BCUT2D eigenvalue weighted by Crippen LogP contribution is -2.28. The average Bonchev–Trinajstić information content (AvgIpc) is 2.79. The molecule has 1 aromatic heterocycles. The number of amides is 1. The average molecular weight is 317 g/mol. The van der Waals surface area contributed by atoms with Crippen LogP contribution in [-0.4, -0.2) is 17.9 Å². The number of carbonyl (C=O) groups is 1. The van der Waals surface area contributed by atoms with Crippen molar-refractivity contribution < 1.29 is 13.6 Å². The molecule has 0 aliphatic heterocycles. The maximum absolute atomic E-state index is 13.8. The van der Waals surface area contributed by atoms with Crippen LogP contribution in [0.5, 0.6) is 0 Å². The molecule has 106 valence electrons. The van der Waals surface area contributed by atoms with Gasteiger partial charge in [-0.15, -0.1) is 11.3 Å². The number of thiophene rings is 1. The number of hydrogen-bond acceptors (Lipinski definition) is 3. The summed E-state index contributed by atoms with van der Waals surface area (Å²) in [6.45, 7) is 0.212. The first-order chi connectivity index (χ1) is 9.40. The first kappa shape index (κ1) is 14.7. The second-order valence-corrected chi connectivity index (χ2v) is 5.99. The molecule has 2 rings (SSSR count). The number of carbonyl (C=O) groups excluding carboxylic acids is 1. The fraction of sp³-hybridized carbons (Fsp3) is 0.154. The first-order valence-corrected chi connectivity index (χ1v) is 6.82. The highest BCUT2D eigenvalue weighted by Crippen LogP contribution is 2.24. The SMILES string of the molecule is CN(Cc1ccc(Cl)s1)C(=O)c1c(F)ccc(N)c1F. The van der Waals surface area contributed by atoms with E-state index in [4.69, 9.17) is 17.3 Å². The van der Waals surface area contributed by atoms with Gasteiger partial charge in [-0.25, -0.2) is 8.78 Å². The minimum absolute atomic E-state index is 0.212. The summed E-state index contributed by atoms with van der Waals surface area (Å²) in [5, 5.41) is 0. The molecule has 20 heavy (non-hydrogen) atoms. The lowest BCUT2D eigenvalue weighted by atomic mass is 10.1. The van der Waals surface area contributed by atoms with Crippen molar-refractivity contribution in [1.29, 1.82) is 0 Å². The Labute approximate surface area is 123 Å². The van der Waals surface area contributed by atoms with Crippen molar-refractivity contribution in [3.05, 3.63) is 50.7 Å². The molecule has 3 nitrogen and oxygen atoms in total. The Morgan fingerprint density at radius 3 is 2.65 bits per heavy atom. The van der Waals surface area contributed by atoms with E-state index in [1.165, 1.54) is 23.3 Å². The van der Waals surface area contributed by atoms with Crippen molar-refractivity contribution in [1.82, 2.24) is 4.90 Å². The second-order valence-electron chi connectivity index (χ2n) is 4.19. The quantitative estimate of drug-likeness (QED) is 0.880.